The van der Waals surface area contributed by atoms with Crippen molar-refractivity contribution in [2.75, 3.05) is 19.0 Å². The van der Waals surface area contributed by atoms with Crippen LogP contribution in [0.25, 0.3) is 0 Å². The Balaban J connectivity index is 2.77. The molecule has 1 aromatic rings. The zero-order chi connectivity index (χ0) is 13.7. The molecule has 100 valence electrons. The lowest BCUT2D eigenvalue weighted by Crippen LogP contribution is -2.24. The summed E-state index contributed by atoms with van der Waals surface area (Å²) in [6.45, 7) is 4.23. The van der Waals surface area contributed by atoms with Crippen molar-refractivity contribution in [2.24, 2.45) is 5.92 Å². The quantitative estimate of drug-likeness (QED) is 0.599. The van der Waals surface area contributed by atoms with Gasteiger partial charge in [-0.15, -0.1) is 0 Å². The second kappa shape index (κ2) is 6.20. The molecule has 0 spiro atoms. The zero-order valence-electron chi connectivity index (χ0n) is 10.7. The number of nitro groups is 1. The summed E-state index contributed by atoms with van der Waals surface area (Å²) in [5, 5.41) is 23.4. The molecule has 0 aliphatic heterocycles. The zero-order valence-corrected chi connectivity index (χ0v) is 10.7. The summed E-state index contributed by atoms with van der Waals surface area (Å²) >= 11 is 0. The lowest BCUT2D eigenvalue weighted by Gasteiger charge is -2.16. The molecule has 0 radical (unpaired) electrons. The summed E-state index contributed by atoms with van der Waals surface area (Å²) < 4.78 is 4.96. The average molecular weight is 254 g/mol. The third-order valence-corrected chi connectivity index (χ3v) is 2.66. The molecule has 0 saturated carbocycles. The van der Waals surface area contributed by atoms with Crippen LogP contribution in [-0.4, -0.2) is 29.8 Å². The first-order valence-electron chi connectivity index (χ1n) is 5.70. The van der Waals surface area contributed by atoms with E-state index >= 15 is 0 Å². The van der Waals surface area contributed by atoms with Gasteiger partial charge in [-0.1, -0.05) is 13.8 Å². The maximum Gasteiger partial charge on any atom is 0.311 e. The van der Waals surface area contributed by atoms with Gasteiger partial charge in [0, 0.05) is 24.4 Å². The molecule has 0 bridgehead atoms. The fourth-order valence-corrected chi connectivity index (χ4v) is 1.40. The highest BCUT2D eigenvalue weighted by atomic mass is 16.6. The van der Waals surface area contributed by atoms with Gasteiger partial charge in [-0.25, -0.2) is 0 Å². The predicted octanol–water partition coefficient (Wildman–Crippen LogP) is 2.03. The molecule has 0 aromatic heterocycles. The van der Waals surface area contributed by atoms with E-state index < -0.39 is 11.0 Å². The van der Waals surface area contributed by atoms with Crippen LogP contribution >= 0.6 is 0 Å². The molecule has 0 aliphatic carbocycles. The van der Waals surface area contributed by atoms with Crippen LogP contribution in [0, 0.1) is 16.0 Å². The minimum Gasteiger partial charge on any atom is -0.490 e. The van der Waals surface area contributed by atoms with E-state index in [4.69, 9.17) is 4.74 Å². The highest BCUT2D eigenvalue weighted by molar-refractivity contribution is 5.57. The molecule has 1 unspecified atom stereocenters. The molecule has 0 heterocycles. The van der Waals surface area contributed by atoms with Crippen molar-refractivity contribution >= 4 is 11.4 Å². The van der Waals surface area contributed by atoms with Gasteiger partial charge in [-0.2, -0.15) is 0 Å². The van der Waals surface area contributed by atoms with Crippen molar-refractivity contribution < 1.29 is 14.8 Å². The minimum absolute atomic E-state index is 0.0764. The first-order valence-corrected chi connectivity index (χ1v) is 5.70. The molecular weight excluding hydrogens is 236 g/mol. The molecule has 0 saturated heterocycles. The molecular formula is C12H18N2O4. The molecule has 0 amide bonds. The van der Waals surface area contributed by atoms with Gasteiger partial charge >= 0.3 is 5.69 Å². The molecule has 0 aliphatic rings. The monoisotopic (exact) mass is 254 g/mol. The Morgan fingerprint density at radius 3 is 2.67 bits per heavy atom. The standard InChI is InChI=1S/C12H18N2O4/c1-8(2)11(15)7-13-9-4-5-10(14(16)17)12(6-9)18-3/h4-6,8,11,13,15H,7H2,1-3H3. The third kappa shape index (κ3) is 3.59. The molecule has 1 atom stereocenters. The van der Waals surface area contributed by atoms with Crippen molar-refractivity contribution in [2.45, 2.75) is 20.0 Å². The Morgan fingerprint density at radius 1 is 1.50 bits per heavy atom. The van der Waals surface area contributed by atoms with E-state index in [2.05, 4.69) is 5.32 Å². The van der Waals surface area contributed by atoms with Crippen LogP contribution in [0.2, 0.25) is 0 Å². The number of rotatable bonds is 6. The van der Waals surface area contributed by atoms with Gasteiger partial charge < -0.3 is 15.2 Å². The Bertz CT molecular complexity index is 421. The van der Waals surface area contributed by atoms with Gasteiger partial charge in [0.15, 0.2) is 5.75 Å². The third-order valence-electron chi connectivity index (χ3n) is 2.66. The Labute approximate surface area is 106 Å². The van der Waals surface area contributed by atoms with Crippen LogP contribution in [0.4, 0.5) is 11.4 Å². The number of nitro benzene ring substituents is 1. The maximum atomic E-state index is 10.7. The predicted molar refractivity (Wildman–Crippen MR) is 69.0 cm³/mol. The van der Waals surface area contributed by atoms with E-state index in [1.165, 1.54) is 13.2 Å². The Hall–Kier alpha value is -1.82. The first kappa shape index (κ1) is 14.2. The SMILES string of the molecule is COc1cc(NCC(O)C(C)C)ccc1[N+](=O)[O-]. The van der Waals surface area contributed by atoms with Crippen LogP contribution in [0.3, 0.4) is 0 Å². The lowest BCUT2D eigenvalue weighted by atomic mass is 10.1. The summed E-state index contributed by atoms with van der Waals surface area (Å²) in [6.07, 6.45) is -0.466. The van der Waals surface area contributed by atoms with E-state index in [1.54, 1.807) is 12.1 Å². The first-order chi connectivity index (χ1) is 8.45. The van der Waals surface area contributed by atoms with Gasteiger partial charge in [0.1, 0.15) is 0 Å². The van der Waals surface area contributed by atoms with Crippen molar-refractivity contribution in [1.29, 1.82) is 0 Å². The fourth-order valence-electron chi connectivity index (χ4n) is 1.40. The highest BCUT2D eigenvalue weighted by Gasteiger charge is 2.15. The second-order valence-electron chi connectivity index (χ2n) is 4.34. The van der Waals surface area contributed by atoms with Gasteiger partial charge in [0.25, 0.3) is 0 Å². The number of methoxy groups -OCH3 is 1. The Morgan fingerprint density at radius 2 is 2.17 bits per heavy atom. The van der Waals surface area contributed by atoms with Crippen molar-refractivity contribution in [3.8, 4) is 5.75 Å². The van der Waals surface area contributed by atoms with E-state index in [9.17, 15) is 15.2 Å². The summed E-state index contributed by atoms with van der Waals surface area (Å²) in [5.41, 5.74) is 0.601. The van der Waals surface area contributed by atoms with Crippen LogP contribution < -0.4 is 10.1 Å². The fraction of sp³-hybridized carbons (Fsp3) is 0.500. The van der Waals surface area contributed by atoms with E-state index in [1.807, 2.05) is 13.8 Å². The number of benzene rings is 1. The maximum absolute atomic E-state index is 10.7. The highest BCUT2D eigenvalue weighted by Crippen LogP contribution is 2.29. The second-order valence-corrected chi connectivity index (χ2v) is 4.34. The van der Waals surface area contributed by atoms with Crippen molar-refractivity contribution in [3.05, 3.63) is 28.3 Å². The lowest BCUT2D eigenvalue weighted by molar-refractivity contribution is -0.385. The van der Waals surface area contributed by atoms with Gasteiger partial charge in [0.05, 0.1) is 18.1 Å². The van der Waals surface area contributed by atoms with E-state index in [0.29, 0.717) is 12.2 Å². The van der Waals surface area contributed by atoms with Gasteiger partial charge in [-0.3, -0.25) is 10.1 Å². The number of ether oxygens (including phenoxy) is 1. The number of hydrogen-bond acceptors (Lipinski definition) is 5. The normalized spacial score (nSPS) is 12.3. The Kier molecular flexibility index (Phi) is 4.91. The molecule has 6 nitrogen and oxygen atoms in total. The van der Waals surface area contributed by atoms with Crippen LogP contribution in [0.5, 0.6) is 5.75 Å². The molecule has 1 aromatic carbocycles. The van der Waals surface area contributed by atoms with Crippen LogP contribution in [0.1, 0.15) is 13.8 Å². The topological polar surface area (TPSA) is 84.6 Å². The summed E-state index contributed by atoms with van der Waals surface area (Å²) in [5.74, 6) is 0.349. The van der Waals surface area contributed by atoms with Crippen molar-refractivity contribution in [3.63, 3.8) is 0 Å². The van der Waals surface area contributed by atoms with Crippen molar-refractivity contribution in [1.82, 2.24) is 0 Å². The molecule has 18 heavy (non-hydrogen) atoms. The van der Waals surface area contributed by atoms with Crippen LogP contribution in [0.15, 0.2) is 18.2 Å². The summed E-state index contributed by atoms with van der Waals surface area (Å²) in [4.78, 5) is 10.2. The molecule has 2 N–H and O–H groups in total. The van der Waals surface area contributed by atoms with Gasteiger partial charge in [0.2, 0.25) is 0 Å². The number of anilines is 1. The smallest absolute Gasteiger partial charge is 0.311 e. The molecule has 0 fully saturated rings. The number of aliphatic hydroxyl groups is 1. The number of hydrogen-bond donors (Lipinski definition) is 2. The number of aliphatic hydroxyl groups excluding tert-OH is 1. The minimum atomic E-state index is -0.494. The van der Waals surface area contributed by atoms with E-state index in [-0.39, 0.29) is 17.4 Å². The number of nitrogens with zero attached hydrogens (tertiary/aromatic N) is 1. The van der Waals surface area contributed by atoms with Gasteiger partial charge in [-0.05, 0) is 12.0 Å². The molecule has 6 heteroatoms. The average Bonchev–Trinajstić information content (AvgIpc) is 2.34. The summed E-state index contributed by atoms with van der Waals surface area (Å²) in [7, 11) is 1.38. The summed E-state index contributed by atoms with van der Waals surface area (Å²) in [6, 6.07) is 4.52. The largest absolute Gasteiger partial charge is 0.490 e. The molecule has 1 rings (SSSR count). The van der Waals surface area contributed by atoms with Crippen LogP contribution in [-0.2, 0) is 0 Å². The number of nitrogens with one attached hydrogen (secondary N) is 1. The van der Waals surface area contributed by atoms with E-state index in [0.717, 1.165) is 0 Å².